The third-order valence-corrected chi connectivity index (χ3v) is 8.73. The van der Waals surface area contributed by atoms with Gasteiger partial charge in [-0.05, 0) is 74.5 Å². The van der Waals surface area contributed by atoms with Crippen molar-refractivity contribution in [3.63, 3.8) is 0 Å². The first-order valence-corrected chi connectivity index (χ1v) is 15.6. The molecule has 7 aromatic rings. The molecule has 0 N–H and O–H groups in total. The molecule has 3 heteroatoms. The molecule has 0 bridgehead atoms. The molecule has 3 heterocycles. The summed E-state index contributed by atoms with van der Waals surface area (Å²) in [5.41, 5.74) is 13.3. The van der Waals surface area contributed by atoms with Crippen molar-refractivity contribution in [2.24, 2.45) is 0 Å². The van der Waals surface area contributed by atoms with E-state index in [-0.39, 0.29) is 10.8 Å². The molecule has 0 saturated heterocycles. The van der Waals surface area contributed by atoms with E-state index in [0.29, 0.717) is 0 Å². The highest BCUT2D eigenvalue weighted by atomic mass is 16.3. The van der Waals surface area contributed by atoms with Crippen LogP contribution in [0, 0.1) is 0 Å². The lowest BCUT2D eigenvalue weighted by molar-refractivity contribution is 0.569. The Balaban J connectivity index is 1.46. The number of fused-ring (bicyclic) bond motifs is 3. The minimum atomic E-state index is 0.0240. The molecule has 7 rings (SSSR count). The first-order valence-electron chi connectivity index (χ1n) is 15.6. The number of nitrogens with zero attached hydrogens (tertiary/aromatic N) is 2. The van der Waals surface area contributed by atoms with E-state index in [9.17, 15) is 0 Å². The summed E-state index contributed by atoms with van der Waals surface area (Å²) < 4.78 is 6.94. The van der Waals surface area contributed by atoms with Gasteiger partial charge < -0.3 is 4.42 Å². The van der Waals surface area contributed by atoms with Gasteiger partial charge in [-0.1, -0.05) is 108 Å². The topological polar surface area (TPSA) is 38.9 Å². The lowest BCUT2D eigenvalue weighted by atomic mass is 9.79. The second-order valence-corrected chi connectivity index (χ2v) is 14.0. The van der Waals surface area contributed by atoms with Crippen LogP contribution in [-0.4, -0.2) is 9.97 Å². The van der Waals surface area contributed by atoms with Gasteiger partial charge in [0.25, 0.3) is 0 Å². The molecule has 4 aromatic carbocycles. The monoisotopic (exact) mass is 586 g/mol. The summed E-state index contributed by atoms with van der Waals surface area (Å²) in [5, 5.41) is 2.24. The Morgan fingerprint density at radius 1 is 0.444 bits per heavy atom. The van der Waals surface area contributed by atoms with Crippen molar-refractivity contribution in [2.45, 2.75) is 52.4 Å². The molecule has 0 aliphatic rings. The van der Waals surface area contributed by atoms with Gasteiger partial charge in [-0.15, -0.1) is 0 Å². The minimum Gasteiger partial charge on any atom is -0.455 e. The Labute approximate surface area is 265 Å². The van der Waals surface area contributed by atoms with Gasteiger partial charge in [0.2, 0.25) is 0 Å². The van der Waals surface area contributed by atoms with Crippen LogP contribution in [0.25, 0.3) is 66.4 Å². The molecule has 0 spiro atoms. The van der Waals surface area contributed by atoms with Crippen LogP contribution in [0.2, 0.25) is 0 Å². The Hall–Kier alpha value is -5.02. The molecule has 0 aliphatic carbocycles. The van der Waals surface area contributed by atoms with Gasteiger partial charge in [0.05, 0.1) is 0 Å². The number of aromatic nitrogens is 2. The number of rotatable bonds is 4. The predicted molar refractivity (Wildman–Crippen MR) is 188 cm³/mol. The zero-order chi connectivity index (χ0) is 31.3. The fourth-order valence-electron chi connectivity index (χ4n) is 6.11. The molecule has 3 aromatic heterocycles. The van der Waals surface area contributed by atoms with E-state index < -0.39 is 0 Å². The predicted octanol–water partition coefficient (Wildman–Crippen LogP) is 11.6. The van der Waals surface area contributed by atoms with E-state index in [4.69, 9.17) is 4.42 Å². The van der Waals surface area contributed by atoms with Gasteiger partial charge in [0, 0.05) is 57.8 Å². The summed E-state index contributed by atoms with van der Waals surface area (Å²) >= 11 is 0. The summed E-state index contributed by atoms with van der Waals surface area (Å²) in [6, 6.07) is 34.9. The van der Waals surface area contributed by atoms with E-state index in [1.54, 1.807) is 0 Å². The highest BCUT2D eigenvalue weighted by Crippen LogP contribution is 2.43. The van der Waals surface area contributed by atoms with Crippen LogP contribution in [-0.2, 0) is 10.8 Å². The van der Waals surface area contributed by atoms with E-state index in [0.717, 1.165) is 60.9 Å². The minimum absolute atomic E-state index is 0.0240. The van der Waals surface area contributed by atoms with Crippen molar-refractivity contribution in [1.29, 1.82) is 0 Å². The molecular formula is C42H38N2O. The lowest BCUT2D eigenvalue weighted by Crippen LogP contribution is -2.16. The largest absolute Gasteiger partial charge is 0.455 e. The van der Waals surface area contributed by atoms with Crippen LogP contribution in [0.5, 0.6) is 0 Å². The molecule has 0 fully saturated rings. The molecule has 0 radical (unpaired) electrons. The molecule has 0 aliphatic heterocycles. The number of para-hydroxylation sites is 2. The Morgan fingerprint density at radius 2 is 0.889 bits per heavy atom. The van der Waals surface area contributed by atoms with Gasteiger partial charge in [-0.2, -0.15) is 0 Å². The van der Waals surface area contributed by atoms with Gasteiger partial charge in [0.15, 0.2) is 0 Å². The van der Waals surface area contributed by atoms with Crippen molar-refractivity contribution < 1.29 is 4.42 Å². The highest BCUT2D eigenvalue weighted by molar-refractivity contribution is 6.13. The molecule has 0 unspecified atom stereocenters. The van der Waals surface area contributed by atoms with Gasteiger partial charge in [-0.25, -0.2) is 0 Å². The molecule has 0 saturated carbocycles. The lowest BCUT2D eigenvalue weighted by Gasteiger charge is -2.26. The number of furan rings is 1. The van der Waals surface area contributed by atoms with Crippen LogP contribution in [0.15, 0.2) is 126 Å². The van der Waals surface area contributed by atoms with E-state index >= 15 is 0 Å². The third kappa shape index (κ3) is 5.44. The molecule has 222 valence electrons. The molecule has 0 amide bonds. The highest BCUT2D eigenvalue weighted by Gasteiger charge is 2.23. The summed E-state index contributed by atoms with van der Waals surface area (Å²) in [4.78, 5) is 8.79. The number of hydrogen-bond donors (Lipinski definition) is 0. The second-order valence-electron chi connectivity index (χ2n) is 14.0. The average Bonchev–Trinajstić information content (AvgIpc) is 3.43. The summed E-state index contributed by atoms with van der Waals surface area (Å²) in [6.45, 7) is 13.7. The third-order valence-electron chi connectivity index (χ3n) is 8.73. The SMILES string of the molecule is CC(C)(C)c1cc(-c2cccc3c2oc2c(-c4cc(-c5cccnc5)cc(-c5cccnc5)c4)cccc23)cc(C(C)(C)C)c1. The zero-order valence-corrected chi connectivity index (χ0v) is 26.8. The smallest absolute Gasteiger partial charge is 0.143 e. The van der Waals surface area contributed by atoms with Crippen molar-refractivity contribution >= 4 is 21.9 Å². The molecule has 3 nitrogen and oxygen atoms in total. The van der Waals surface area contributed by atoms with Gasteiger partial charge in [-0.3, -0.25) is 9.97 Å². The Bertz CT molecular complexity index is 2070. The number of hydrogen-bond acceptors (Lipinski definition) is 3. The first-order chi connectivity index (χ1) is 21.6. The first kappa shape index (κ1) is 28.7. The van der Waals surface area contributed by atoms with Crippen molar-refractivity contribution in [1.82, 2.24) is 9.97 Å². The van der Waals surface area contributed by atoms with Crippen molar-refractivity contribution in [3.05, 3.63) is 133 Å². The second kappa shape index (κ2) is 10.9. The Morgan fingerprint density at radius 3 is 1.31 bits per heavy atom. The summed E-state index contributed by atoms with van der Waals surface area (Å²) in [7, 11) is 0. The maximum absolute atomic E-state index is 6.94. The van der Waals surface area contributed by atoms with E-state index in [2.05, 4.69) is 136 Å². The average molecular weight is 587 g/mol. The quantitative estimate of drug-likeness (QED) is 0.206. The maximum atomic E-state index is 6.94. The fraction of sp³-hybridized carbons (Fsp3) is 0.190. The van der Waals surface area contributed by atoms with Crippen LogP contribution in [0.3, 0.4) is 0 Å². The van der Waals surface area contributed by atoms with Crippen LogP contribution in [0.4, 0.5) is 0 Å². The molecule has 45 heavy (non-hydrogen) atoms. The molecule has 0 atom stereocenters. The zero-order valence-electron chi connectivity index (χ0n) is 26.8. The van der Waals surface area contributed by atoms with Gasteiger partial charge in [0.1, 0.15) is 11.2 Å². The number of benzene rings is 4. The summed E-state index contributed by atoms with van der Waals surface area (Å²) in [5.74, 6) is 0. The number of pyridine rings is 2. The van der Waals surface area contributed by atoms with Gasteiger partial charge >= 0.3 is 0 Å². The standard InChI is InChI=1S/C42H38N2O/c1-41(2,3)33-22-32(23-34(24-33)42(4,5)6)36-14-8-16-38-37-15-7-13-35(39(37)45-40(36)38)31-20-29(27-11-9-17-43-25-27)19-30(21-31)28-12-10-18-44-26-28/h7-26H,1-6H3. The summed E-state index contributed by atoms with van der Waals surface area (Å²) in [6.07, 6.45) is 7.45. The fourth-order valence-corrected chi connectivity index (χ4v) is 6.11. The van der Waals surface area contributed by atoms with E-state index in [1.165, 1.54) is 16.7 Å². The van der Waals surface area contributed by atoms with Crippen LogP contribution in [0.1, 0.15) is 52.7 Å². The maximum Gasteiger partial charge on any atom is 0.143 e. The molecular weight excluding hydrogens is 548 g/mol. The Kier molecular flexibility index (Phi) is 6.93. The van der Waals surface area contributed by atoms with Crippen molar-refractivity contribution in [2.75, 3.05) is 0 Å². The normalized spacial score (nSPS) is 12.2. The van der Waals surface area contributed by atoms with Crippen LogP contribution < -0.4 is 0 Å². The van der Waals surface area contributed by atoms with E-state index in [1.807, 2.05) is 36.9 Å². The van der Waals surface area contributed by atoms with Crippen molar-refractivity contribution in [3.8, 4) is 44.5 Å². The van der Waals surface area contributed by atoms with Crippen LogP contribution >= 0.6 is 0 Å².